The van der Waals surface area contributed by atoms with Gasteiger partial charge in [0.05, 0.1) is 30.0 Å². The Hall–Kier alpha value is -2.04. The fourth-order valence-electron chi connectivity index (χ4n) is 3.57. The molecule has 6 nitrogen and oxygen atoms in total. The van der Waals surface area contributed by atoms with E-state index in [1.54, 1.807) is 12.1 Å². The summed E-state index contributed by atoms with van der Waals surface area (Å²) in [5.74, 6) is -1.99. The maximum Gasteiger partial charge on any atom is 0.260 e. The quantitative estimate of drug-likeness (QED) is 0.440. The normalized spacial score (nSPS) is 14.2. The van der Waals surface area contributed by atoms with Crippen LogP contribution in [0.4, 0.5) is 13.9 Å². The lowest BCUT2D eigenvalue weighted by Crippen LogP contribution is -2.39. The summed E-state index contributed by atoms with van der Waals surface area (Å²) in [6, 6.07) is 6.57. The van der Waals surface area contributed by atoms with Crippen LogP contribution in [-0.2, 0) is 4.74 Å². The molecule has 2 aromatic carbocycles. The van der Waals surface area contributed by atoms with E-state index >= 15 is 0 Å². The smallest absolute Gasteiger partial charge is 0.260 e. The number of rotatable bonds is 7. The summed E-state index contributed by atoms with van der Waals surface area (Å²) >= 11 is 7.60. The predicted octanol–water partition coefficient (Wildman–Crippen LogP) is 5.03. The number of carbonyl (C=O) groups is 1. The molecule has 0 bridgehead atoms. The van der Waals surface area contributed by atoms with Gasteiger partial charge in [0.15, 0.2) is 16.8 Å². The van der Waals surface area contributed by atoms with Crippen molar-refractivity contribution in [2.24, 2.45) is 0 Å². The van der Waals surface area contributed by atoms with E-state index in [0.29, 0.717) is 52.3 Å². The van der Waals surface area contributed by atoms with Crippen molar-refractivity contribution in [2.75, 3.05) is 51.4 Å². The number of nitrogens with zero attached hydrogens (tertiary/aromatic N) is 3. The van der Waals surface area contributed by atoms with Crippen LogP contribution in [0.3, 0.4) is 0 Å². The zero-order valence-corrected chi connectivity index (χ0v) is 20.2. The van der Waals surface area contributed by atoms with E-state index in [1.807, 2.05) is 0 Å². The Labute approximate surface area is 205 Å². The summed E-state index contributed by atoms with van der Waals surface area (Å²) in [5, 5.41) is 0.918. The van der Waals surface area contributed by atoms with Crippen LogP contribution in [0.1, 0.15) is 16.8 Å². The molecule has 11 heteroatoms. The first kappa shape index (κ1) is 25.6. The zero-order chi connectivity index (χ0) is 22.7. The number of thiazole rings is 1. The predicted molar refractivity (Wildman–Crippen MR) is 128 cm³/mol. The number of aromatic nitrogens is 1. The zero-order valence-electron chi connectivity index (χ0n) is 17.9. The molecule has 0 N–H and O–H groups in total. The molecule has 0 radical (unpaired) electrons. The fourth-order valence-corrected chi connectivity index (χ4v) is 4.85. The molecule has 0 aliphatic carbocycles. The largest absolute Gasteiger partial charge is 0.494 e. The monoisotopic (exact) mass is 517 g/mol. The lowest BCUT2D eigenvalue weighted by Gasteiger charge is -2.27. The molecule has 1 amide bonds. The minimum atomic E-state index is -1.07. The maximum absolute atomic E-state index is 13.8. The first-order valence-corrected chi connectivity index (χ1v) is 11.4. The van der Waals surface area contributed by atoms with Gasteiger partial charge in [0, 0.05) is 31.7 Å². The van der Waals surface area contributed by atoms with E-state index < -0.39 is 17.5 Å². The van der Waals surface area contributed by atoms with Gasteiger partial charge in [-0.25, -0.2) is 13.8 Å². The van der Waals surface area contributed by atoms with Gasteiger partial charge in [0.1, 0.15) is 11.3 Å². The number of ether oxygens (including phenoxy) is 2. The van der Waals surface area contributed by atoms with Crippen LogP contribution in [0.5, 0.6) is 5.75 Å². The highest BCUT2D eigenvalue weighted by Crippen LogP contribution is 2.39. The van der Waals surface area contributed by atoms with E-state index in [1.165, 1.54) is 29.4 Å². The minimum absolute atomic E-state index is 0. The van der Waals surface area contributed by atoms with Crippen molar-refractivity contribution >= 4 is 56.6 Å². The first-order chi connectivity index (χ1) is 15.5. The molecule has 0 unspecified atom stereocenters. The van der Waals surface area contributed by atoms with Crippen molar-refractivity contribution < 1.29 is 23.0 Å². The number of amides is 1. The van der Waals surface area contributed by atoms with Gasteiger partial charge in [0.25, 0.3) is 5.91 Å². The molecule has 3 aromatic rings. The average molecular weight is 518 g/mol. The second kappa shape index (κ2) is 11.4. The summed E-state index contributed by atoms with van der Waals surface area (Å²) in [6.45, 7) is 4.19. The van der Waals surface area contributed by atoms with Crippen molar-refractivity contribution in [3.05, 3.63) is 52.6 Å². The van der Waals surface area contributed by atoms with Gasteiger partial charge < -0.3 is 9.47 Å². The summed E-state index contributed by atoms with van der Waals surface area (Å²) in [4.78, 5) is 21.7. The number of halogens is 4. The van der Waals surface area contributed by atoms with E-state index in [2.05, 4.69) is 9.88 Å². The van der Waals surface area contributed by atoms with Gasteiger partial charge in [-0.1, -0.05) is 22.9 Å². The number of hydrogen-bond donors (Lipinski definition) is 0. The average Bonchev–Trinajstić information content (AvgIpc) is 3.25. The third-order valence-corrected chi connectivity index (χ3v) is 6.81. The van der Waals surface area contributed by atoms with E-state index in [4.69, 9.17) is 21.1 Å². The molecule has 4 rings (SSSR count). The Kier molecular flexibility index (Phi) is 8.83. The number of anilines is 1. The molecule has 33 heavy (non-hydrogen) atoms. The number of benzene rings is 2. The number of hydrogen-bond acceptors (Lipinski definition) is 6. The Morgan fingerprint density at radius 3 is 2.70 bits per heavy atom. The van der Waals surface area contributed by atoms with Crippen molar-refractivity contribution in [2.45, 2.75) is 6.42 Å². The van der Waals surface area contributed by atoms with Gasteiger partial charge in [-0.3, -0.25) is 14.6 Å². The maximum atomic E-state index is 13.8. The molecule has 1 aliphatic heterocycles. The van der Waals surface area contributed by atoms with Gasteiger partial charge in [-0.05, 0) is 36.8 Å². The molecular formula is C22H23Cl2F2N3O3S. The third-order valence-electron chi connectivity index (χ3n) is 5.27. The number of carbonyl (C=O) groups excluding carboxylic acids is 1. The van der Waals surface area contributed by atoms with E-state index in [-0.39, 0.29) is 18.0 Å². The second-order valence-electron chi connectivity index (χ2n) is 7.32. The van der Waals surface area contributed by atoms with Crippen LogP contribution < -0.4 is 9.64 Å². The topological polar surface area (TPSA) is 54.9 Å². The van der Waals surface area contributed by atoms with Gasteiger partial charge >= 0.3 is 0 Å². The van der Waals surface area contributed by atoms with Crippen LogP contribution in [-0.4, -0.2) is 62.3 Å². The number of morpholine rings is 1. The van der Waals surface area contributed by atoms with E-state index in [0.717, 1.165) is 31.8 Å². The summed E-state index contributed by atoms with van der Waals surface area (Å²) in [6.07, 6.45) is 0.677. The van der Waals surface area contributed by atoms with Gasteiger partial charge in [0.2, 0.25) is 0 Å². The van der Waals surface area contributed by atoms with Crippen molar-refractivity contribution in [3.63, 3.8) is 0 Å². The number of fused-ring (bicyclic) bond motifs is 1. The van der Waals surface area contributed by atoms with Crippen molar-refractivity contribution in [1.29, 1.82) is 0 Å². The van der Waals surface area contributed by atoms with Crippen LogP contribution >= 0.6 is 35.3 Å². The van der Waals surface area contributed by atoms with Crippen LogP contribution in [0.2, 0.25) is 5.02 Å². The highest BCUT2D eigenvalue weighted by molar-refractivity contribution is 7.23. The lowest BCUT2D eigenvalue weighted by molar-refractivity contribution is 0.0376. The third kappa shape index (κ3) is 5.73. The molecule has 0 atom stereocenters. The van der Waals surface area contributed by atoms with Crippen molar-refractivity contribution in [3.8, 4) is 5.75 Å². The van der Waals surface area contributed by atoms with Crippen LogP contribution in [0, 0.1) is 11.6 Å². The molecule has 1 saturated heterocycles. The molecule has 178 valence electrons. The Morgan fingerprint density at radius 2 is 2.00 bits per heavy atom. The Morgan fingerprint density at radius 1 is 1.24 bits per heavy atom. The van der Waals surface area contributed by atoms with Crippen LogP contribution in [0.25, 0.3) is 10.2 Å². The summed E-state index contributed by atoms with van der Waals surface area (Å²) in [5.41, 5.74) is 0.601. The highest BCUT2D eigenvalue weighted by atomic mass is 35.5. The summed E-state index contributed by atoms with van der Waals surface area (Å²) in [7, 11) is 1.54. The fraction of sp³-hybridized carbons (Fsp3) is 0.364. The van der Waals surface area contributed by atoms with Crippen LogP contribution in [0.15, 0.2) is 30.3 Å². The van der Waals surface area contributed by atoms with Gasteiger partial charge in [-0.15, -0.1) is 12.4 Å². The molecule has 1 aliphatic rings. The summed E-state index contributed by atoms with van der Waals surface area (Å²) < 4.78 is 38.7. The van der Waals surface area contributed by atoms with E-state index in [9.17, 15) is 13.6 Å². The molecule has 0 spiro atoms. The highest BCUT2D eigenvalue weighted by Gasteiger charge is 2.24. The molecule has 2 heterocycles. The molecular weight excluding hydrogens is 495 g/mol. The SMILES string of the molecule is COc1ccc(Cl)c2sc(N(CCCN3CCOCC3)C(=O)c3ccc(F)c(F)c3)nc12.Cl. The first-order valence-electron chi connectivity index (χ1n) is 10.2. The number of methoxy groups -OCH3 is 1. The Balaban J connectivity index is 0.00000306. The van der Waals surface area contributed by atoms with Crippen molar-refractivity contribution in [1.82, 2.24) is 9.88 Å². The molecule has 1 aromatic heterocycles. The second-order valence-corrected chi connectivity index (χ2v) is 8.70. The standard InChI is InChI=1S/C22H22ClF2N3O3S.ClH/c1-30-18-6-4-15(23)20-19(18)26-22(32-20)28(8-2-7-27-9-11-31-12-10-27)21(29)14-3-5-16(24)17(25)13-14;/h3-6,13H,2,7-12H2,1H3;1H. The molecule has 0 saturated carbocycles. The van der Waals surface area contributed by atoms with Gasteiger partial charge in [-0.2, -0.15) is 0 Å². The Bertz CT molecular complexity index is 1130. The molecule has 1 fully saturated rings. The minimum Gasteiger partial charge on any atom is -0.494 e. The lowest BCUT2D eigenvalue weighted by atomic mass is 10.2.